The molecule has 0 aliphatic heterocycles. The van der Waals surface area contributed by atoms with Gasteiger partial charge in [0.2, 0.25) is 0 Å². The Bertz CT molecular complexity index is 397. The average molecular weight is 280 g/mol. The summed E-state index contributed by atoms with van der Waals surface area (Å²) >= 11 is 5.83. The molecule has 0 aromatic heterocycles. The second kappa shape index (κ2) is 7.25. The molecular weight excluding hydrogens is 265 g/mol. The molecule has 0 aliphatic rings. The van der Waals surface area contributed by atoms with Gasteiger partial charge in [0.1, 0.15) is 11.3 Å². The SMILES string of the molecule is CCCOC(=O)c1cc(Cl)c(N)cc1OC.Cl. The van der Waals surface area contributed by atoms with Gasteiger partial charge in [-0.15, -0.1) is 12.4 Å². The number of nitrogens with two attached hydrogens (primary N) is 1. The van der Waals surface area contributed by atoms with Crippen LogP contribution in [-0.4, -0.2) is 19.7 Å². The third-order valence-electron chi connectivity index (χ3n) is 1.98. The van der Waals surface area contributed by atoms with Gasteiger partial charge in [-0.25, -0.2) is 4.79 Å². The van der Waals surface area contributed by atoms with E-state index in [4.69, 9.17) is 26.8 Å². The van der Waals surface area contributed by atoms with Crippen molar-refractivity contribution in [3.05, 3.63) is 22.7 Å². The fourth-order valence-electron chi connectivity index (χ4n) is 1.17. The standard InChI is InChI=1S/C11H14ClNO3.ClH/c1-3-4-16-11(14)7-5-8(12)9(13)6-10(7)15-2;/h5-6H,3-4,13H2,1-2H3;1H. The van der Waals surface area contributed by atoms with Crippen molar-refractivity contribution in [1.29, 1.82) is 0 Å². The fourth-order valence-corrected chi connectivity index (χ4v) is 1.33. The van der Waals surface area contributed by atoms with Crippen LogP contribution in [0.15, 0.2) is 12.1 Å². The summed E-state index contributed by atoms with van der Waals surface area (Å²) in [5.74, 6) is -0.0939. The molecule has 0 bridgehead atoms. The van der Waals surface area contributed by atoms with Crippen molar-refractivity contribution in [1.82, 2.24) is 0 Å². The lowest BCUT2D eigenvalue weighted by molar-refractivity contribution is 0.0501. The van der Waals surface area contributed by atoms with E-state index < -0.39 is 5.97 Å². The van der Waals surface area contributed by atoms with Crippen molar-refractivity contribution in [2.75, 3.05) is 19.5 Å². The molecule has 17 heavy (non-hydrogen) atoms. The molecule has 0 amide bonds. The second-order valence-electron chi connectivity index (χ2n) is 3.21. The monoisotopic (exact) mass is 279 g/mol. The number of esters is 1. The van der Waals surface area contributed by atoms with Gasteiger partial charge in [0, 0.05) is 6.07 Å². The van der Waals surface area contributed by atoms with Gasteiger partial charge in [-0.2, -0.15) is 0 Å². The smallest absolute Gasteiger partial charge is 0.341 e. The van der Waals surface area contributed by atoms with Crippen molar-refractivity contribution in [3.63, 3.8) is 0 Å². The quantitative estimate of drug-likeness (QED) is 0.680. The van der Waals surface area contributed by atoms with Crippen molar-refractivity contribution in [2.24, 2.45) is 0 Å². The van der Waals surface area contributed by atoms with Crippen LogP contribution < -0.4 is 10.5 Å². The predicted octanol–water partition coefficient (Wildman–Crippen LogP) is 2.92. The number of ether oxygens (including phenoxy) is 2. The molecule has 0 saturated carbocycles. The maximum absolute atomic E-state index is 11.6. The summed E-state index contributed by atoms with van der Waals surface area (Å²) in [6, 6.07) is 2.96. The fraction of sp³-hybridized carbons (Fsp3) is 0.364. The van der Waals surface area contributed by atoms with Crippen LogP contribution in [0.5, 0.6) is 5.75 Å². The van der Waals surface area contributed by atoms with E-state index in [2.05, 4.69) is 0 Å². The first-order valence-corrected chi connectivity index (χ1v) is 5.28. The molecule has 0 spiro atoms. The molecule has 1 aromatic rings. The normalized spacial score (nSPS) is 9.35. The third-order valence-corrected chi connectivity index (χ3v) is 2.30. The molecule has 0 unspecified atom stereocenters. The number of anilines is 1. The molecule has 96 valence electrons. The van der Waals surface area contributed by atoms with Crippen LogP contribution in [0.3, 0.4) is 0 Å². The highest BCUT2D eigenvalue weighted by atomic mass is 35.5. The lowest BCUT2D eigenvalue weighted by atomic mass is 10.2. The zero-order valence-electron chi connectivity index (χ0n) is 9.66. The van der Waals surface area contributed by atoms with Crippen LogP contribution in [0, 0.1) is 0 Å². The molecule has 6 heteroatoms. The Morgan fingerprint density at radius 3 is 2.65 bits per heavy atom. The van der Waals surface area contributed by atoms with Gasteiger partial charge in [-0.05, 0) is 12.5 Å². The summed E-state index contributed by atoms with van der Waals surface area (Å²) in [6.45, 7) is 2.28. The largest absolute Gasteiger partial charge is 0.496 e. The highest BCUT2D eigenvalue weighted by Gasteiger charge is 2.15. The number of carbonyl (C=O) groups is 1. The Labute approximate surface area is 111 Å². The summed E-state index contributed by atoms with van der Waals surface area (Å²) in [5.41, 5.74) is 6.25. The zero-order valence-corrected chi connectivity index (χ0v) is 11.2. The molecule has 0 saturated heterocycles. The highest BCUT2D eigenvalue weighted by molar-refractivity contribution is 6.33. The van der Waals surface area contributed by atoms with Crippen LogP contribution in [0.1, 0.15) is 23.7 Å². The lowest BCUT2D eigenvalue weighted by Gasteiger charge is -2.10. The Morgan fingerprint density at radius 1 is 1.47 bits per heavy atom. The maximum atomic E-state index is 11.6. The van der Waals surface area contributed by atoms with Gasteiger partial charge in [0.25, 0.3) is 0 Å². The van der Waals surface area contributed by atoms with E-state index in [-0.39, 0.29) is 18.0 Å². The number of benzene rings is 1. The van der Waals surface area contributed by atoms with Gasteiger partial charge in [-0.1, -0.05) is 18.5 Å². The first-order valence-electron chi connectivity index (χ1n) is 4.90. The van der Waals surface area contributed by atoms with E-state index in [1.54, 1.807) is 0 Å². The first kappa shape index (κ1) is 15.9. The first-order chi connectivity index (χ1) is 7.60. The Hall–Kier alpha value is -1.13. The minimum atomic E-state index is -0.458. The van der Waals surface area contributed by atoms with E-state index in [1.807, 2.05) is 6.92 Å². The Kier molecular flexibility index (Phi) is 6.76. The zero-order chi connectivity index (χ0) is 12.1. The van der Waals surface area contributed by atoms with Gasteiger partial charge in [0.05, 0.1) is 24.4 Å². The van der Waals surface area contributed by atoms with Crippen molar-refractivity contribution >= 4 is 35.7 Å². The van der Waals surface area contributed by atoms with E-state index in [9.17, 15) is 4.79 Å². The van der Waals surface area contributed by atoms with Crippen molar-refractivity contribution < 1.29 is 14.3 Å². The van der Waals surface area contributed by atoms with Gasteiger partial charge in [-0.3, -0.25) is 0 Å². The van der Waals surface area contributed by atoms with Gasteiger partial charge >= 0.3 is 5.97 Å². The average Bonchev–Trinajstić information content (AvgIpc) is 2.28. The van der Waals surface area contributed by atoms with E-state index in [0.29, 0.717) is 23.1 Å². The van der Waals surface area contributed by atoms with Crippen LogP contribution in [-0.2, 0) is 4.74 Å². The predicted molar refractivity (Wildman–Crippen MR) is 70.2 cm³/mol. The number of methoxy groups -OCH3 is 1. The molecule has 0 heterocycles. The van der Waals surface area contributed by atoms with Crippen LogP contribution in [0.4, 0.5) is 5.69 Å². The molecule has 0 aliphatic carbocycles. The molecule has 0 fully saturated rings. The molecule has 0 radical (unpaired) electrons. The van der Waals surface area contributed by atoms with E-state index in [0.717, 1.165) is 6.42 Å². The van der Waals surface area contributed by atoms with Crippen LogP contribution >= 0.6 is 24.0 Å². The number of rotatable bonds is 4. The number of carbonyl (C=O) groups excluding carboxylic acids is 1. The third kappa shape index (κ3) is 3.98. The number of hydrogen-bond donors (Lipinski definition) is 1. The topological polar surface area (TPSA) is 61.5 Å². The Morgan fingerprint density at radius 2 is 2.12 bits per heavy atom. The van der Waals surface area contributed by atoms with E-state index >= 15 is 0 Å². The highest BCUT2D eigenvalue weighted by Crippen LogP contribution is 2.29. The molecular formula is C11H15Cl2NO3. The summed E-state index contributed by atoms with van der Waals surface area (Å²) < 4.78 is 10.0. The summed E-state index contributed by atoms with van der Waals surface area (Å²) in [4.78, 5) is 11.6. The van der Waals surface area contributed by atoms with Crippen LogP contribution in [0.2, 0.25) is 5.02 Å². The summed E-state index contributed by atoms with van der Waals surface area (Å²) in [7, 11) is 1.46. The second-order valence-corrected chi connectivity index (χ2v) is 3.62. The minimum Gasteiger partial charge on any atom is -0.496 e. The van der Waals surface area contributed by atoms with Crippen molar-refractivity contribution in [3.8, 4) is 5.75 Å². The summed E-state index contributed by atoms with van der Waals surface area (Å²) in [5, 5.41) is 0.309. The molecule has 2 N–H and O–H groups in total. The van der Waals surface area contributed by atoms with Gasteiger partial charge in [0.15, 0.2) is 0 Å². The van der Waals surface area contributed by atoms with Crippen LogP contribution in [0.25, 0.3) is 0 Å². The minimum absolute atomic E-state index is 0. The number of halogens is 2. The lowest BCUT2D eigenvalue weighted by Crippen LogP contribution is -2.08. The number of nitrogen functional groups attached to an aromatic ring is 1. The van der Waals surface area contributed by atoms with Gasteiger partial charge < -0.3 is 15.2 Å². The maximum Gasteiger partial charge on any atom is 0.341 e. The van der Waals surface area contributed by atoms with Crippen molar-refractivity contribution in [2.45, 2.75) is 13.3 Å². The Balaban J connectivity index is 0.00000256. The molecule has 1 rings (SSSR count). The molecule has 0 atom stereocenters. The molecule has 4 nitrogen and oxygen atoms in total. The van der Waals surface area contributed by atoms with E-state index in [1.165, 1.54) is 19.2 Å². The molecule has 1 aromatic carbocycles. The summed E-state index contributed by atoms with van der Waals surface area (Å²) in [6.07, 6.45) is 0.761. The number of hydrogen-bond acceptors (Lipinski definition) is 4.